The minimum atomic E-state index is -1.12. The molecule has 2 aliphatic carbocycles. The van der Waals surface area contributed by atoms with Gasteiger partial charge in [0.25, 0.3) is 0 Å². The van der Waals surface area contributed by atoms with Gasteiger partial charge in [0.1, 0.15) is 17.3 Å². The zero-order chi connectivity index (χ0) is 35.8. The molecule has 1 aromatic carbocycles. The minimum absolute atomic E-state index is 0.0509. The van der Waals surface area contributed by atoms with Gasteiger partial charge in [0.2, 0.25) is 5.91 Å². The second kappa shape index (κ2) is 14.2. The summed E-state index contributed by atoms with van der Waals surface area (Å²) in [6, 6.07) is 3.51. The zero-order valence-corrected chi connectivity index (χ0v) is 29.2. The van der Waals surface area contributed by atoms with E-state index in [0.29, 0.717) is 68.9 Å². The molecule has 6 atom stereocenters. The standard InChI is InChI=1S/C36H50N6O8/c1-21(43)17-25(44)18-23(7-6-14-39-33(37)38)32(45)40-20-24-8-4-5-15-42(24)34(46)49-27-11-12-36(47)28-19-22-9-10-26(48-3)30-29(22)35(36,31(27)50-30)13-16-41(28)2/h9-11,23-24,28,31,47H,4-8,12-20H2,1-3H3,(H,40,45)(H4,37,38,39)/t23-,24?,28-,31+,35+,36-/m1/s1. The highest BCUT2D eigenvalue weighted by atomic mass is 16.6. The number of nitrogens with two attached hydrogens (primary N) is 2. The van der Waals surface area contributed by atoms with Crippen molar-refractivity contribution >= 4 is 29.5 Å². The molecule has 0 aromatic heterocycles. The first-order chi connectivity index (χ1) is 23.9. The lowest BCUT2D eigenvalue weighted by atomic mass is 9.50. The molecule has 3 heterocycles. The number of ether oxygens (including phenoxy) is 3. The number of hydrogen-bond acceptors (Lipinski definition) is 10. The summed E-state index contributed by atoms with van der Waals surface area (Å²) in [6.07, 6.45) is 5.06. The highest BCUT2D eigenvalue weighted by Crippen LogP contribution is 2.65. The van der Waals surface area contributed by atoms with Crippen LogP contribution in [-0.2, 0) is 31.0 Å². The number of methoxy groups -OCH3 is 1. The van der Waals surface area contributed by atoms with E-state index in [4.69, 9.17) is 25.7 Å². The van der Waals surface area contributed by atoms with Gasteiger partial charge in [0, 0.05) is 50.0 Å². The molecule has 272 valence electrons. The molecule has 50 heavy (non-hydrogen) atoms. The van der Waals surface area contributed by atoms with E-state index in [0.717, 1.165) is 30.5 Å². The summed E-state index contributed by atoms with van der Waals surface area (Å²) in [5.41, 5.74) is 11.0. The summed E-state index contributed by atoms with van der Waals surface area (Å²) in [6.45, 7) is 3.05. The van der Waals surface area contributed by atoms with Crippen molar-refractivity contribution in [1.82, 2.24) is 15.1 Å². The Morgan fingerprint density at radius 1 is 1.20 bits per heavy atom. The number of rotatable bonds is 13. The molecule has 6 rings (SSSR count). The number of aliphatic hydroxyl groups is 1. The summed E-state index contributed by atoms with van der Waals surface area (Å²) in [4.78, 5) is 59.2. The smallest absolute Gasteiger partial charge is 0.415 e. The van der Waals surface area contributed by atoms with E-state index in [9.17, 15) is 24.3 Å². The number of guanidine groups is 1. The van der Waals surface area contributed by atoms with Crippen LogP contribution in [0.2, 0.25) is 0 Å². The molecule has 2 bridgehead atoms. The molecule has 1 aromatic rings. The number of likely N-dealkylation sites (N-methyl/N-ethyl adjacent to an activating group) is 1. The number of aliphatic imine (C=N–C) groups is 1. The third-order valence-corrected chi connectivity index (χ3v) is 11.4. The number of hydrogen-bond donors (Lipinski definition) is 4. The highest BCUT2D eigenvalue weighted by molar-refractivity contribution is 5.99. The van der Waals surface area contributed by atoms with Crippen LogP contribution < -0.4 is 26.3 Å². The van der Waals surface area contributed by atoms with E-state index in [1.807, 2.05) is 19.2 Å². The van der Waals surface area contributed by atoms with Crippen molar-refractivity contribution in [3.63, 3.8) is 0 Å². The van der Waals surface area contributed by atoms with E-state index in [1.54, 1.807) is 12.0 Å². The SMILES string of the molecule is COc1ccc2c3c1O[C@H]1C(OC(=O)N4CCCCC4CNC(=O)[C@H](CCCN=C(N)N)CC(=O)CC(C)=O)=CC[C@@]4(O)[C@@H](C2)N(C)CC[C@]314. The summed E-state index contributed by atoms with van der Waals surface area (Å²) >= 11 is 0. The maximum absolute atomic E-state index is 14.0. The third kappa shape index (κ3) is 6.32. The van der Waals surface area contributed by atoms with Crippen LogP contribution in [0.25, 0.3) is 0 Å². The molecule has 6 N–H and O–H groups in total. The molecule has 0 saturated carbocycles. The van der Waals surface area contributed by atoms with E-state index in [-0.39, 0.29) is 54.9 Å². The summed E-state index contributed by atoms with van der Waals surface area (Å²) < 4.78 is 18.6. The normalized spacial score (nSPS) is 28.4. The number of benzene rings is 1. The monoisotopic (exact) mass is 694 g/mol. The average molecular weight is 695 g/mol. The fourth-order valence-corrected chi connectivity index (χ4v) is 9.06. The quantitative estimate of drug-likeness (QED) is 0.101. The second-order valence-electron chi connectivity index (χ2n) is 14.5. The van der Waals surface area contributed by atoms with Crippen LogP contribution in [0, 0.1) is 5.92 Å². The second-order valence-corrected chi connectivity index (χ2v) is 14.5. The Bertz CT molecular complexity index is 1590. The van der Waals surface area contributed by atoms with Gasteiger partial charge in [0.15, 0.2) is 23.6 Å². The number of nitrogens with zero attached hydrogens (tertiary/aromatic N) is 3. The molecule has 14 heteroatoms. The van der Waals surface area contributed by atoms with Crippen LogP contribution in [-0.4, -0.2) is 109 Å². The molecular weight excluding hydrogens is 644 g/mol. The minimum Gasteiger partial charge on any atom is -0.493 e. The van der Waals surface area contributed by atoms with Crippen LogP contribution in [0.5, 0.6) is 11.5 Å². The Morgan fingerprint density at radius 3 is 2.74 bits per heavy atom. The van der Waals surface area contributed by atoms with Crippen molar-refractivity contribution in [2.75, 3.05) is 40.3 Å². The van der Waals surface area contributed by atoms with Gasteiger partial charge in [-0.25, -0.2) is 4.79 Å². The Hall–Kier alpha value is -4.17. The Kier molecular flexibility index (Phi) is 10.1. The number of carbonyl (C=O) groups is 4. The molecule has 3 aliphatic heterocycles. The van der Waals surface area contributed by atoms with Crippen LogP contribution in [0.1, 0.15) is 75.8 Å². The van der Waals surface area contributed by atoms with Gasteiger partial charge in [0.05, 0.1) is 30.6 Å². The van der Waals surface area contributed by atoms with E-state index >= 15 is 0 Å². The van der Waals surface area contributed by atoms with Crippen LogP contribution in [0.4, 0.5) is 4.79 Å². The number of likely N-dealkylation sites (tertiary alicyclic amines) is 2. The lowest BCUT2D eigenvalue weighted by Crippen LogP contribution is -2.74. The maximum Gasteiger partial charge on any atom is 0.415 e. The fraction of sp³-hybridized carbons (Fsp3) is 0.639. The first-order valence-corrected chi connectivity index (χ1v) is 17.7. The number of Topliss-reactive ketones (excluding diaryl/α,β-unsaturated/α-hetero) is 2. The topological polar surface area (TPSA) is 199 Å². The molecule has 2 saturated heterocycles. The summed E-state index contributed by atoms with van der Waals surface area (Å²) in [7, 11) is 3.64. The number of carbonyl (C=O) groups excluding carboxylic acids is 4. The van der Waals surface area contributed by atoms with Crippen LogP contribution in [0.15, 0.2) is 29.0 Å². The molecule has 2 amide bonds. The van der Waals surface area contributed by atoms with Gasteiger partial charge < -0.3 is 45.9 Å². The van der Waals surface area contributed by atoms with Crippen molar-refractivity contribution < 1.29 is 38.5 Å². The van der Waals surface area contributed by atoms with Crippen molar-refractivity contribution in [1.29, 1.82) is 0 Å². The fourth-order valence-electron chi connectivity index (χ4n) is 9.06. The third-order valence-electron chi connectivity index (χ3n) is 11.4. The first kappa shape index (κ1) is 35.6. The average Bonchev–Trinajstić information content (AvgIpc) is 3.43. The summed E-state index contributed by atoms with van der Waals surface area (Å²) in [5, 5.41) is 15.5. The molecule has 5 aliphatic rings. The lowest BCUT2D eigenvalue weighted by molar-refractivity contribution is -0.163. The van der Waals surface area contributed by atoms with Crippen LogP contribution in [0.3, 0.4) is 0 Å². The van der Waals surface area contributed by atoms with Gasteiger partial charge in [-0.1, -0.05) is 6.07 Å². The molecule has 0 radical (unpaired) electrons. The molecule has 14 nitrogen and oxygen atoms in total. The van der Waals surface area contributed by atoms with Gasteiger partial charge >= 0.3 is 6.09 Å². The van der Waals surface area contributed by atoms with Gasteiger partial charge in [-0.3, -0.25) is 19.4 Å². The van der Waals surface area contributed by atoms with Crippen molar-refractivity contribution in [2.24, 2.45) is 22.4 Å². The Labute approximate surface area is 292 Å². The predicted molar refractivity (Wildman–Crippen MR) is 184 cm³/mol. The maximum atomic E-state index is 14.0. The molecular formula is C36H50N6O8. The highest BCUT2D eigenvalue weighted by Gasteiger charge is 2.72. The van der Waals surface area contributed by atoms with Crippen LogP contribution >= 0.6 is 0 Å². The van der Waals surface area contributed by atoms with Gasteiger partial charge in [-0.2, -0.15) is 0 Å². The van der Waals surface area contributed by atoms with Crippen molar-refractivity contribution in [3.8, 4) is 11.5 Å². The molecule has 1 unspecified atom stereocenters. The summed E-state index contributed by atoms with van der Waals surface area (Å²) in [5.74, 6) is -0.0244. The molecule has 1 spiro atoms. The Balaban J connectivity index is 1.17. The Morgan fingerprint density at radius 2 is 2.00 bits per heavy atom. The number of piperidine rings is 2. The van der Waals surface area contributed by atoms with E-state index in [1.165, 1.54) is 6.92 Å². The van der Waals surface area contributed by atoms with Gasteiger partial charge in [-0.15, -0.1) is 0 Å². The van der Waals surface area contributed by atoms with Crippen molar-refractivity contribution in [3.05, 3.63) is 35.1 Å². The van der Waals surface area contributed by atoms with E-state index < -0.39 is 29.1 Å². The van der Waals surface area contributed by atoms with Gasteiger partial charge in [-0.05, 0) is 83.2 Å². The number of amides is 2. The van der Waals surface area contributed by atoms with E-state index in [2.05, 4.69) is 21.3 Å². The molecule has 2 fully saturated rings. The first-order valence-electron chi connectivity index (χ1n) is 17.7. The lowest BCUT2D eigenvalue weighted by Gasteiger charge is -2.61. The number of ketones is 2. The largest absolute Gasteiger partial charge is 0.493 e. The van der Waals surface area contributed by atoms with Crippen molar-refractivity contribution in [2.45, 2.75) is 100 Å². The number of nitrogens with one attached hydrogen (secondary N) is 1. The zero-order valence-electron chi connectivity index (χ0n) is 29.2. The predicted octanol–water partition coefficient (Wildman–Crippen LogP) is 1.69.